The molecule has 0 unspecified atom stereocenters. The molecule has 6 heteroatoms. The van der Waals surface area contributed by atoms with Gasteiger partial charge in [0.05, 0.1) is 4.90 Å². The van der Waals surface area contributed by atoms with Gasteiger partial charge >= 0.3 is 0 Å². The van der Waals surface area contributed by atoms with Gasteiger partial charge in [-0.25, -0.2) is 8.42 Å². The SMILES string of the molecule is CCCCN(CCCC)S(=O)(=O)c1cc(N)c(C)c(N)c1. The summed E-state index contributed by atoms with van der Waals surface area (Å²) in [5.74, 6) is 0. The Labute approximate surface area is 128 Å². The first-order valence-electron chi connectivity index (χ1n) is 7.50. The number of unbranched alkanes of at least 4 members (excludes halogenated alkanes) is 2. The molecule has 0 aliphatic heterocycles. The molecule has 0 aliphatic rings. The number of hydrogen-bond acceptors (Lipinski definition) is 4. The zero-order chi connectivity index (χ0) is 16.0. The van der Waals surface area contributed by atoms with Gasteiger partial charge in [-0.05, 0) is 37.5 Å². The zero-order valence-corrected chi connectivity index (χ0v) is 14.0. The molecule has 5 nitrogen and oxygen atoms in total. The summed E-state index contributed by atoms with van der Waals surface area (Å²) in [6.07, 6.45) is 3.60. The summed E-state index contributed by atoms with van der Waals surface area (Å²) in [7, 11) is -3.53. The Morgan fingerprint density at radius 3 is 1.81 bits per heavy atom. The molecule has 0 saturated carbocycles. The predicted molar refractivity (Wildman–Crippen MR) is 88.6 cm³/mol. The minimum atomic E-state index is -3.53. The second-order valence-corrected chi connectivity index (χ2v) is 7.28. The van der Waals surface area contributed by atoms with E-state index in [1.807, 2.05) is 13.8 Å². The maximum absolute atomic E-state index is 12.8. The van der Waals surface area contributed by atoms with E-state index in [9.17, 15) is 8.42 Å². The van der Waals surface area contributed by atoms with E-state index in [1.165, 1.54) is 12.1 Å². The molecule has 0 heterocycles. The molecule has 4 N–H and O–H groups in total. The minimum Gasteiger partial charge on any atom is -0.398 e. The van der Waals surface area contributed by atoms with Crippen molar-refractivity contribution >= 4 is 21.4 Å². The molecule has 1 aromatic carbocycles. The number of rotatable bonds is 8. The van der Waals surface area contributed by atoms with Crippen LogP contribution in [0.3, 0.4) is 0 Å². The highest BCUT2D eigenvalue weighted by atomic mass is 32.2. The van der Waals surface area contributed by atoms with Crippen molar-refractivity contribution in [2.45, 2.75) is 51.3 Å². The first kappa shape index (κ1) is 17.8. The van der Waals surface area contributed by atoms with Gasteiger partial charge in [-0.3, -0.25) is 0 Å². The molecule has 0 fully saturated rings. The molecule has 1 rings (SSSR count). The molecule has 0 amide bonds. The molecule has 21 heavy (non-hydrogen) atoms. The van der Waals surface area contributed by atoms with E-state index in [0.29, 0.717) is 24.5 Å². The van der Waals surface area contributed by atoms with Gasteiger partial charge in [0.15, 0.2) is 0 Å². The molecular formula is C15H27N3O2S. The average Bonchev–Trinajstić information content (AvgIpc) is 2.44. The Hall–Kier alpha value is -1.27. The summed E-state index contributed by atoms with van der Waals surface area (Å²) in [4.78, 5) is 0.190. The minimum absolute atomic E-state index is 0.190. The standard InChI is InChI=1S/C15H27N3O2S/c1-4-6-8-18(9-7-5-2)21(19,20)13-10-14(16)12(3)15(17)11-13/h10-11H,4-9,16-17H2,1-3H3. The molecule has 0 spiro atoms. The van der Waals surface area contributed by atoms with Crippen molar-refractivity contribution in [1.29, 1.82) is 0 Å². The summed E-state index contributed by atoms with van der Waals surface area (Å²) in [5.41, 5.74) is 13.3. The number of nitrogens with zero attached hydrogens (tertiary/aromatic N) is 1. The van der Waals surface area contributed by atoms with E-state index in [0.717, 1.165) is 31.2 Å². The highest BCUT2D eigenvalue weighted by Crippen LogP contribution is 2.26. The molecule has 0 radical (unpaired) electrons. The number of nitrogens with two attached hydrogens (primary N) is 2. The Morgan fingerprint density at radius 2 is 1.43 bits per heavy atom. The molecule has 0 aliphatic carbocycles. The van der Waals surface area contributed by atoms with E-state index < -0.39 is 10.0 Å². The molecule has 0 saturated heterocycles. The van der Waals surface area contributed by atoms with Crippen molar-refractivity contribution in [3.8, 4) is 0 Å². The fourth-order valence-electron chi connectivity index (χ4n) is 2.05. The fraction of sp³-hybridized carbons (Fsp3) is 0.600. The van der Waals surface area contributed by atoms with Gasteiger partial charge in [0, 0.05) is 24.5 Å². The van der Waals surface area contributed by atoms with Gasteiger partial charge in [0.1, 0.15) is 0 Å². The largest absolute Gasteiger partial charge is 0.398 e. The van der Waals surface area contributed by atoms with Crippen LogP contribution in [0.1, 0.15) is 45.1 Å². The summed E-state index contributed by atoms with van der Waals surface area (Å²) < 4.78 is 27.1. The van der Waals surface area contributed by atoms with E-state index in [4.69, 9.17) is 11.5 Å². The third-order valence-corrected chi connectivity index (χ3v) is 5.50. The normalized spacial score (nSPS) is 12.0. The van der Waals surface area contributed by atoms with E-state index >= 15 is 0 Å². The van der Waals surface area contributed by atoms with Gasteiger partial charge < -0.3 is 11.5 Å². The quantitative estimate of drug-likeness (QED) is 0.722. The fourth-order valence-corrected chi connectivity index (χ4v) is 3.64. The molecule has 1 aromatic rings. The third kappa shape index (κ3) is 4.35. The molecule has 0 aromatic heterocycles. The highest BCUT2D eigenvalue weighted by molar-refractivity contribution is 7.89. The molecule has 120 valence electrons. The monoisotopic (exact) mass is 313 g/mol. The third-order valence-electron chi connectivity index (χ3n) is 3.62. The van der Waals surface area contributed by atoms with Crippen molar-refractivity contribution in [3.05, 3.63) is 17.7 Å². The van der Waals surface area contributed by atoms with Gasteiger partial charge in [-0.1, -0.05) is 26.7 Å². The lowest BCUT2D eigenvalue weighted by Crippen LogP contribution is -2.33. The summed E-state index contributed by atoms with van der Waals surface area (Å²) in [5, 5.41) is 0. The summed E-state index contributed by atoms with van der Waals surface area (Å²) >= 11 is 0. The number of sulfonamides is 1. The van der Waals surface area contributed by atoms with Crippen LogP contribution in [-0.4, -0.2) is 25.8 Å². The number of nitrogen functional groups attached to an aromatic ring is 2. The first-order valence-corrected chi connectivity index (χ1v) is 8.94. The maximum Gasteiger partial charge on any atom is 0.243 e. The maximum atomic E-state index is 12.8. The van der Waals surface area contributed by atoms with Gasteiger partial charge in [0.25, 0.3) is 0 Å². The Kier molecular flexibility index (Phi) is 6.48. The van der Waals surface area contributed by atoms with Crippen molar-refractivity contribution < 1.29 is 8.42 Å². The number of hydrogen-bond donors (Lipinski definition) is 2. The highest BCUT2D eigenvalue weighted by Gasteiger charge is 2.24. The van der Waals surface area contributed by atoms with Gasteiger partial charge in [-0.2, -0.15) is 4.31 Å². The van der Waals surface area contributed by atoms with Crippen molar-refractivity contribution in [2.24, 2.45) is 0 Å². The predicted octanol–water partition coefficient (Wildman–Crippen LogP) is 2.75. The summed E-state index contributed by atoms with van der Waals surface area (Å²) in [6, 6.07) is 3.01. The second kappa shape index (κ2) is 7.66. The number of benzene rings is 1. The Morgan fingerprint density at radius 1 is 1.00 bits per heavy atom. The smallest absolute Gasteiger partial charge is 0.243 e. The first-order chi connectivity index (χ1) is 9.84. The van der Waals surface area contributed by atoms with Gasteiger partial charge in [-0.15, -0.1) is 0 Å². The van der Waals surface area contributed by atoms with E-state index in [1.54, 1.807) is 11.2 Å². The summed E-state index contributed by atoms with van der Waals surface area (Å²) in [6.45, 7) is 6.95. The lowest BCUT2D eigenvalue weighted by molar-refractivity contribution is 0.395. The van der Waals surface area contributed by atoms with Crippen LogP contribution in [0.2, 0.25) is 0 Å². The van der Waals surface area contributed by atoms with Crippen LogP contribution >= 0.6 is 0 Å². The zero-order valence-electron chi connectivity index (χ0n) is 13.2. The van der Waals surface area contributed by atoms with Gasteiger partial charge in [0.2, 0.25) is 10.0 Å². The molecular weight excluding hydrogens is 286 g/mol. The van der Waals surface area contributed by atoms with E-state index in [-0.39, 0.29) is 4.90 Å². The van der Waals surface area contributed by atoms with Crippen molar-refractivity contribution in [1.82, 2.24) is 4.31 Å². The van der Waals surface area contributed by atoms with Crippen LogP contribution < -0.4 is 11.5 Å². The second-order valence-electron chi connectivity index (χ2n) is 5.34. The van der Waals surface area contributed by atoms with Crippen molar-refractivity contribution in [3.63, 3.8) is 0 Å². The topological polar surface area (TPSA) is 89.4 Å². The Balaban J connectivity index is 3.15. The molecule has 0 bridgehead atoms. The average molecular weight is 313 g/mol. The van der Waals surface area contributed by atoms with E-state index in [2.05, 4.69) is 0 Å². The van der Waals surface area contributed by atoms with Crippen LogP contribution in [-0.2, 0) is 10.0 Å². The van der Waals surface area contributed by atoms with Crippen LogP contribution in [0, 0.1) is 6.92 Å². The number of anilines is 2. The lowest BCUT2D eigenvalue weighted by atomic mass is 10.2. The lowest BCUT2D eigenvalue weighted by Gasteiger charge is -2.22. The van der Waals surface area contributed by atoms with Crippen LogP contribution in [0.5, 0.6) is 0 Å². The van der Waals surface area contributed by atoms with Crippen LogP contribution in [0.15, 0.2) is 17.0 Å². The van der Waals surface area contributed by atoms with Crippen molar-refractivity contribution in [2.75, 3.05) is 24.6 Å². The Bertz CT molecular complexity index is 539. The van der Waals surface area contributed by atoms with Crippen LogP contribution in [0.4, 0.5) is 11.4 Å². The van der Waals surface area contributed by atoms with Crippen LogP contribution in [0.25, 0.3) is 0 Å². The molecule has 0 atom stereocenters.